The maximum atomic E-state index is 6.83. The molecule has 0 atom stereocenters. The van der Waals surface area contributed by atoms with E-state index < -0.39 is 0 Å². The summed E-state index contributed by atoms with van der Waals surface area (Å²) in [4.78, 5) is 7.47. The van der Waals surface area contributed by atoms with Gasteiger partial charge in [0.1, 0.15) is 0 Å². The SMILES string of the molecule is [C-]#[N+]c1ccc(-n2cnc(C)c2)cc1. The van der Waals surface area contributed by atoms with E-state index >= 15 is 0 Å². The molecule has 0 amide bonds. The first-order chi connectivity index (χ1) is 6.79. The molecule has 0 unspecified atom stereocenters. The van der Waals surface area contributed by atoms with E-state index in [9.17, 15) is 0 Å². The van der Waals surface area contributed by atoms with E-state index in [0.717, 1.165) is 11.4 Å². The number of hydrogen-bond acceptors (Lipinski definition) is 1. The fourth-order valence-electron chi connectivity index (χ4n) is 1.26. The van der Waals surface area contributed by atoms with Crippen molar-refractivity contribution >= 4 is 5.69 Å². The topological polar surface area (TPSA) is 22.2 Å². The summed E-state index contributed by atoms with van der Waals surface area (Å²) in [7, 11) is 0. The van der Waals surface area contributed by atoms with Crippen LogP contribution in [0.5, 0.6) is 0 Å². The normalized spacial score (nSPS) is 9.71. The Morgan fingerprint density at radius 1 is 1.29 bits per heavy atom. The van der Waals surface area contributed by atoms with E-state index in [0.29, 0.717) is 5.69 Å². The molecule has 0 aliphatic rings. The van der Waals surface area contributed by atoms with E-state index in [1.165, 1.54) is 0 Å². The van der Waals surface area contributed by atoms with Crippen molar-refractivity contribution in [2.75, 3.05) is 0 Å². The Morgan fingerprint density at radius 2 is 2.00 bits per heavy atom. The van der Waals surface area contributed by atoms with Gasteiger partial charge in [0.15, 0.2) is 5.69 Å². The predicted molar refractivity (Wildman–Crippen MR) is 54.6 cm³/mol. The zero-order chi connectivity index (χ0) is 9.97. The van der Waals surface area contributed by atoms with Crippen molar-refractivity contribution in [1.82, 2.24) is 9.55 Å². The molecule has 0 aliphatic carbocycles. The van der Waals surface area contributed by atoms with Gasteiger partial charge in [-0.15, -0.1) is 0 Å². The molecule has 0 spiro atoms. The first kappa shape index (κ1) is 8.52. The minimum atomic E-state index is 0.658. The van der Waals surface area contributed by atoms with Gasteiger partial charge in [0, 0.05) is 11.9 Å². The van der Waals surface area contributed by atoms with Crippen molar-refractivity contribution < 1.29 is 0 Å². The third-order valence-electron chi connectivity index (χ3n) is 1.99. The van der Waals surface area contributed by atoms with E-state index in [2.05, 4.69) is 9.83 Å². The van der Waals surface area contributed by atoms with Crippen LogP contribution < -0.4 is 0 Å². The molecule has 0 fully saturated rings. The average Bonchev–Trinajstić information content (AvgIpc) is 2.65. The van der Waals surface area contributed by atoms with Crippen LogP contribution in [-0.2, 0) is 0 Å². The maximum Gasteiger partial charge on any atom is 0.187 e. The van der Waals surface area contributed by atoms with Gasteiger partial charge in [-0.3, -0.25) is 0 Å². The molecule has 0 saturated heterocycles. The monoisotopic (exact) mass is 183 g/mol. The summed E-state index contributed by atoms with van der Waals surface area (Å²) in [5.41, 5.74) is 2.67. The zero-order valence-electron chi connectivity index (χ0n) is 7.81. The zero-order valence-corrected chi connectivity index (χ0v) is 7.81. The van der Waals surface area contributed by atoms with Gasteiger partial charge in [0.05, 0.1) is 18.6 Å². The summed E-state index contributed by atoms with van der Waals surface area (Å²) in [6.07, 6.45) is 3.72. The number of nitrogens with zero attached hydrogens (tertiary/aromatic N) is 3. The lowest BCUT2D eigenvalue weighted by Gasteiger charge is -2.00. The molecule has 3 heteroatoms. The van der Waals surface area contributed by atoms with Crippen molar-refractivity contribution in [1.29, 1.82) is 0 Å². The van der Waals surface area contributed by atoms with E-state index in [1.807, 2.05) is 29.8 Å². The highest BCUT2D eigenvalue weighted by molar-refractivity contribution is 5.49. The quantitative estimate of drug-likeness (QED) is 0.623. The lowest BCUT2D eigenvalue weighted by Crippen LogP contribution is -1.87. The fourth-order valence-corrected chi connectivity index (χ4v) is 1.26. The fraction of sp³-hybridized carbons (Fsp3) is 0.0909. The third kappa shape index (κ3) is 1.50. The molecule has 1 heterocycles. The Balaban J connectivity index is 2.39. The summed E-state index contributed by atoms with van der Waals surface area (Å²) >= 11 is 0. The first-order valence-corrected chi connectivity index (χ1v) is 4.28. The minimum absolute atomic E-state index is 0.658. The minimum Gasteiger partial charge on any atom is -0.306 e. The Morgan fingerprint density at radius 3 is 2.50 bits per heavy atom. The smallest absolute Gasteiger partial charge is 0.187 e. The van der Waals surface area contributed by atoms with Crippen molar-refractivity contribution in [3.05, 3.63) is 53.9 Å². The highest BCUT2D eigenvalue weighted by Crippen LogP contribution is 2.15. The molecular formula is C11H9N3. The van der Waals surface area contributed by atoms with Crippen LogP contribution in [0, 0.1) is 13.5 Å². The largest absolute Gasteiger partial charge is 0.306 e. The molecule has 1 aromatic carbocycles. The number of aromatic nitrogens is 2. The molecule has 2 aromatic rings. The Kier molecular flexibility index (Phi) is 2.04. The second kappa shape index (κ2) is 3.35. The number of imidazole rings is 1. The van der Waals surface area contributed by atoms with E-state index in [1.54, 1.807) is 18.5 Å². The summed E-state index contributed by atoms with van der Waals surface area (Å²) in [5.74, 6) is 0. The van der Waals surface area contributed by atoms with Crippen molar-refractivity contribution in [3.63, 3.8) is 0 Å². The summed E-state index contributed by atoms with van der Waals surface area (Å²) < 4.78 is 1.93. The van der Waals surface area contributed by atoms with Crippen LogP contribution >= 0.6 is 0 Å². The molecule has 0 radical (unpaired) electrons. The molecule has 0 N–H and O–H groups in total. The van der Waals surface area contributed by atoms with Crippen molar-refractivity contribution in [3.8, 4) is 5.69 Å². The average molecular weight is 183 g/mol. The van der Waals surface area contributed by atoms with Crippen LogP contribution in [-0.4, -0.2) is 9.55 Å². The summed E-state index contributed by atoms with van der Waals surface area (Å²) in [6, 6.07) is 7.43. The van der Waals surface area contributed by atoms with Gasteiger partial charge in [0.2, 0.25) is 0 Å². The molecule has 1 aromatic heterocycles. The van der Waals surface area contributed by atoms with Crippen molar-refractivity contribution in [2.24, 2.45) is 0 Å². The molecule has 14 heavy (non-hydrogen) atoms. The lowest BCUT2D eigenvalue weighted by atomic mass is 10.3. The molecule has 68 valence electrons. The van der Waals surface area contributed by atoms with Crippen LogP contribution in [0.25, 0.3) is 10.5 Å². The number of aryl methyl sites for hydroxylation is 1. The molecule has 3 nitrogen and oxygen atoms in total. The highest BCUT2D eigenvalue weighted by atomic mass is 15.0. The maximum absolute atomic E-state index is 6.83. The number of benzene rings is 1. The predicted octanol–water partition coefficient (Wildman–Crippen LogP) is 2.73. The Bertz CT molecular complexity index is 474. The molecular weight excluding hydrogens is 174 g/mol. The van der Waals surface area contributed by atoms with Gasteiger partial charge >= 0.3 is 0 Å². The van der Waals surface area contributed by atoms with E-state index in [4.69, 9.17) is 6.57 Å². The van der Waals surface area contributed by atoms with Crippen molar-refractivity contribution in [2.45, 2.75) is 6.92 Å². The van der Waals surface area contributed by atoms with Gasteiger partial charge in [0.25, 0.3) is 0 Å². The van der Waals surface area contributed by atoms with Crippen LogP contribution in [0.1, 0.15) is 5.69 Å². The first-order valence-electron chi connectivity index (χ1n) is 4.28. The molecule has 0 saturated carbocycles. The summed E-state index contributed by atoms with van der Waals surface area (Å²) in [6.45, 7) is 8.78. The van der Waals surface area contributed by atoms with Gasteiger partial charge in [-0.2, -0.15) is 0 Å². The van der Waals surface area contributed by atoms with Crippen LogP contribution in [0.3, 0.4) is 0 Å². The van der Waals surface area contributed by atoms with Gasteiger partial charge < -0.3 is 4.57 Å². The third-order valence-corrected chi connectivity index (χ3v) is 1.99. The Labute approximate surface area is 82.5 Å². The lowest BCUT2D eigenvalue weighted by molar-refractivity contribution is 1.06. The molecule has 2 rings (SSSR count). The van der Waals surface area contributed by atoms with Gasteiger partial charge in [-0.05, 0) is 19.1 Å². The van der Waals surface area contributed by atoms with Gasteiger partial charge in [-0.1, -0.05) is 12.1 Å². The standard InChI is InChI=1S/C11H9N3/c1-9-7-14(8-13-9)11-5-3-10(12-2)4-6-11/h3-8H,1H3. The highest BCUT2D eigenvalue weighted by Gasteiger charge is 1.97. The van der Waals surface area contributed by atoms with Crippen LogP contribution in [0.4, 0.5) is 5.69 Å². The van der Waals surface area contributed by atoms with Crippen LogP contribution in [0.15, 0.2) is 36.8 Å². The number of rotatable bonds is 1. The number of hydrogen-bond donors (Lipinski definition) is 0. The van der Waals surface area contributed by atoms with E-state index in [-0.39, 0.29) is 0 Å². The molecule has 0 aliphatic heterocycles. The molecule has 0 bridgehead atoms. The van der Waals surface area contributed by atoms with Crippen LogP contribution in [0.2, 0.25) is 0 Å². The summed E-state index contributed by atoms with van der Waals surface area (Å²) in [5, 5.41) is 0. The second-order valence-corrected chi connectivity index (χ2v) is 3.05. The van der Waals surface area contributed by atoms with Gasteiger partial charge in [-0.25, -0.2) is 9.83 Å². The second-order valence-electron chi connectivity index (χ2n) is 3.05. The Hall–Kier alpha value is -2.08.